The van der Waals surface area contributed by atoms with Crippen LogP contribution in [-0.2, 0) is 20.5 Å². The molecule has 0 saturated heterocycles. The number of anilines is 1. The first-order valence-corrected chi connectivity index (χ1v) is 6.04. The fraction of sp³-hybridized carbons (Fsp3) is 0.286. The van der Waals surface area contributed by atoms with Crippen molar-refractivity contribution < 1.29 is 27.5 Å². The lowest BCUT2D eigenvalue weighted by Crippen LogP contribution is -2.23. The van der Waals surface area contributed by atoms with Crippen LogP contribution in [-0.4, -0.2) is 19.0 Å². The van der Waals surface area contributed by atoms with Crippen LogP contribution in [0.4, 0.5) is 18.9 Å². The van der Waals surface area contributed by atoms with Crippen molar-refractivity contribution in [2.24, 2.45) is 0 Å². The third kappa shape index (κ3) is 2.76. The van der Waals surface area contributed by atoms with Gasteiger partial charge in [-0.1, -0.05) is 6.07 Å². The Morgan fingerprint density at radius 3 is 2.57 bits per heavy atom. The Morgan fingerprint density at radius 1 is 1.33 bits per heavy atom. The molecule has 0 atom stereocenters. The number of hydrogen-bond donors (Lipinski definition) is 0. The molecule has 4 nitrogen and oxygen atoms in total. The van der Waals surface area contributed by atoms with E-state index in [1.165, 1.54) is 26.2 Å². The molecule has 1 aromatic carbocycles. The molecule has 0 spiro atoms. The van der Waals surface area contributed by atoms with E-state index in [1.807, 2.05) is 0 Å². The van der Waals surface area contributed by atoms with Gasteiger partial charge >= 0.3 is 12.1 Å². The number of carbonyl (C=O) groups excluding carboxylic acids is 2. The molecular formula is C14H12F3NO3. The zero-order valence-electron chi connectivity index (χ0n) is 11.3. The van der Waals surface area contributed by atoms with Gasteiger partial charge in [-0.15, -0.1) is 0 Å². The van der Waals surface area contributed by atoms with Gasteiger partial charge in [0.05, 0.1) is 24.7 Å². The third-order valence-corrected chi connectivity index (χ3v) is 3.21. The van der Waals surface area contributed by atoms with Crippen molar-refractivity contribution in [2.45, 2.75) is 19.5 Å². The molecule has 0 fully saturated rings. The quantitative estimate of drug-likeness (QED) is 0.789. The number of rotatable bonds is 2. The Balaban J connectivity index is 2.45. The summed E-state index contributed by atoms with van der Waals surface area (Å²) in [6, 6.07) is 4.40. The Labute approximate surface area is 118 Å². The summed E-state index contributed by atoms with van der Waals surface area (Å²) in [5.74, 6) is -1.12. The van der Waals surface area contributed by atoms with Crippen LogP contribution in [0.3, 0.4) is 0 Å². The Morgan fingerprint density at radius 2 is 2.00 bits per heavy atom. The second kappa shape index (κ2) is 5.23. The van der Waals surface area contributed by atoms with Crippen molar-refractivity contribution >= 4 is 17.6 Å². The molecular weight excluding hydrogens is 287 g/mol. The number of halogens is 3. The average Bonchev–Trinajstić information content (AvgIpc) is 2.72. The number of benzene rings is 1. The van der Waals surface area contributed by atoms with Crippen LogP contribution in [0.1, 0.15) is 18.9 Å². The molecule has 112 valence electrons. The van der Waals surface area contributed by atoms with Gasteiger partial charge < -0.3 is 4.74 Å². The first-order valence-electron chi connectivity index (χ1n) is 6.04. The van der Waals surface area contributed by atoms with Gasteiger partial charge in [0.2, 0.25) is 5.91 Å². The van der Waals surface area contributed by atoms with Crippen LogP contribution < -0.4 is 4.90 Å². The van der Waals surface area contributed by atoms with Gasteiger partial charge in [0.25, 0.3) is 0 Å². The number of ether oxygens (including phenoxy) is 1. The lowest BCUT2D eigenvalue weighted by atomic mass is 10.1. The van der Waals surface area contributed by atoms with Crippen molar-refractivity contribution in [1.29, 1.82) is 0 Å². The Hall–Kier alpha value is -2.31. The summed E-state index contributed by atoms with van der Waals surface area (Å²) in [4.78, 5) is 24.6. The number of allylic oxidation sites excluding steroid dienone is 1. The minimum Gasteiger partial charge on any atom is -0.466 e. The highest BCUT2D eigenvalue weighted by Gasteiger charge is 2.35. The lowest BCUT2D eigenvalue weighted by molar-refractivity contribution is -0.138. The van der Waals surface area contributed by atoms with E-state index in [4.69, 9.17) is 0 Å². The smallest absolute Gasteiger partial charge is 0.416 e. The number of nitrogens with zero attached hydrogens (tertiary/aromatic N) is 1. The molecule has 7 heteroatoms. The summed E-state index contributed by atoms with van der Waals surface area (Å²) in [5, 5.41) is 0. The van der Waals surface area contributed by atoms with Crippen LogP contribution in [0.5, 0.6) is 0 Å². The van der Waals surface area contributed by atoms with Gasteiger partial charge in [0, 0.05) is 11.4 Å². The first-order chi connectivity index (χ1) is 9.75. The van der Waals surface area contributed by atoms with Gasteiger partial charge in [-0.05, 0) is 25.1 Å². The Bertz CT molecular complexity index is 635. The summed E-state index contributed by atoms with van der Waals surface area (Å²) in [5.41, 5.74) is -0.343. The average molecular weight is 299 g/mol. The first kappa shape index (κ1) is 15.1. The van der Waals surface area contributed by atoms with Crippen molar-refractivity contribution in [2.75, 3.05) is 12.0 Å². The van der Waals surface area contributed by atoms with Crippen molar-refractivity contribution in [3.05, 3.63) is 41.1 Å². The molecule has 0 bridgehead atoms. The van der Waals surface area contributed by atoms with Gasteiger partial charge in [0.1, 0.15) is 0 Å². The van der Waals surface area contributed by atoms with E-state index < -0.39 is 23.6 Å². The van der Waals surface area contributed by atoms with E-state index in [1.54, 1.807) is 0 Å². The highest BCUT2D eigenvalue weighted by molar-refractivity contribution is 6.09. The molecule has 21 heavy (non-hydrogen) atoms. The SMILES string of the molecule is COC(=O)C1=C(C)N(c2cccc(C(F)(F)F)c2)C(=O)C1. The number of alkyl halides is 3. The molecule has 0 aromatic heterocycles. The minimum atomic E-state index is -4.50. The van der Waals surface area contributed by atoms with E-state index in [2.05, 4.69) is 4.74 Å². The van der Waals surface area contributed by atoms with Crippen molar-refractivity contribution in [3.63, 3.8) is 0 Å². The fourth-order valence-corrected chi connectivity index (χ4v) is 2.18. The number of methoxy groups -OCH3 is 1. The van der Waals surface area contributed by atoms with Crippen LogP contribution in [0.25, 0.3) is 0 Å². The zero-order chi connectivity index (χ0) is 15.8. The normalized spacial score (nSPS) is 15.7. The molecule has 1 aliphatic rings. The van der Waals surface area contributed by atoms with Gasteiger partial charge in [0.15, 0.2) is 0 Å². The zero-order valence-corrected chi connectivity index (χ0v) is 11.3. The molecule has 0 saturated carbocycles. The van der Waals surface area contributed by atoms with Crippen LogP contribution in [0.15, 0.2) is 35.5 Å². The standard InChI is InChI=1S/C14H12F3NO3/c1-8-11(13(20)21-2)7-12(19)18(8)10-5-3-4-9(6-10)14(15,16)17/h3-6H,7H2,1-2H3. The van der Waals surface area contributed by atoms with Crippen LogP contribution >= 0.6 is 0 Å². The molecule has 1 amide bonds. The second-order valence-electron chi connectivity index (χ2n) is 4.51. The largest absolute Gasteiger partial charge is 0.466 e. The molecule has 0 aliphatic carbocycles. The highest BCUT2D eigenvalue weighted by atomic mass is 19.4. The summed E-state index contributed by atoms with van der Waals surface area (Å²) >= 11 is 0. The molecule has 0 unspecified atom stereocenters. The maximum Gasteiger partial charge on any atom is 0.416 e. The molecule has 2 rings (SSSR count). The molecule has 0 N–H and O–H groups in total. The molecule has 1 aromatic rings. The topological polar surface area (TPSA) is 46.6 Å². The van der Waals surface area contributed by atoms with E-state index in [0.29, 0.717) is 0 Å². The van der Waals surface area contributed by atoms with E-state index in [-0.39, 0.29) is 23.4 Å². The van der Waals surface area contributed by atoms with E-state index in [0.717, 1.165) is 17.0 Å². The Kier molecular flexibility index (Phi) is 3.76. The van der Waals surface area contributed by atoms with E-state index in [9.17, 15) is 22.8 Å². The van der Waals surface area contributed by atoms with Crippen LogP contribution in [0, 0.1) is 0 Å². The minimum absolute atomic E-state index is 0.0752. The maximum atomic E-state index is 12.7. The summed E-state index contributed by atoms with van der Waals surface area (Å²) in [6.45, 7) is 1.50. The summed E-state index contributed by atoms with van der Waals surface area (Å²) < 4.78 is 42.7. The predicted octanol–water partition coefficient (Wildman–Crippen LogP) is 2.89. The number of esters is 1. The molecule has 1 aliphatic heterocycles. The molecule has 0 radical (unpaired) electrons. The van der Waals surface area contributed by atoms with Crippen LogP contribution in [0.2, 0.25) is 0 Å². The summed E-state index contributed by atoms with van der Waals surface area (Å²) in [6.07, 6.45) is -4.68. The lowest BCUT2D eigenvalue weighted by Gasteiger charge is -2.19. The van der Waals surface area contributed by atoms with Gasteiger partial charge in [-0.3, -0.25) is 9.69 Å². The van der Waals surface area contributed by atoms with E-state index >= 15 is 0 Å². The van der Waals surface area contributed by atoms with Gasteiger partial charge in [-0.25, -0.2) is 4.79 Å². The third-order valence-electron chi connectivity index (χ3n) is 3.21. The monoisotopic (exact) mass is 299 g/mol. The van der Waals surface area contributed by atoms with Gasteiger partial charge in [-0.2, -0.15) is 13.2 Å². The fourth-order valence-electron chi connectivity index (χ4n) is 2.18. The van der Waals surface area contributed by atoms with Crippen molar-refractivity contribution in [1.82, 2.24) is 0 Å². The maximum absolute atomic E-state index is 12.7. The predicted molar refractivity (Wildman–Crippen MR) is 68.3 cm³/mol. The number of hydrogen-bond acceptors (Lipinski definition) is 3. The number of amides is 1. The summed E-state index contributed by atoms with van der Waals surface area (Å²) in [7, 11) is 1.18. The highest BCUT2D eigenvalue weighted by Crippen LogP contribution is 2.35. The molecule has 1 heterocycles. The van der Waals surface area contributed by atoms with Crippen molar-refractivity contribution in [3.8, 4) is 0 Å². The number of carbonyl (C=O) groups is 2. The second-order valence-corrected chi connectivity index (χ2v) is 4.51.